The molecule has 1 aliphatic carbocycles. The number of rotatable bonds is 6. The van der Waals surface area contributed by atoms with Crippen molar-refractivity contribution in [3.8, 4) is 33.9 Å². The fraction of sp³-hybridized carbons (Fsp3) is 0.294. The highest BCUT2D eigenvalue weighted by atomic mass is 19.1. The quantitative estimate of drug-likeness (QED) is 0.237. The second-order valence-corrected chi connectivity index (χ2v) is 10.8. The van der Waals surface area contributed by atoms with Gasteiger partial charge in [-0.2, -0.15) is 0 Å². The van der Waals surface area contributed by atoms with Crippen molar-refractivity contribution < 1.29 is 23.4 Å². The summed E-state index contributed by atoms with van der Waals surface area (Å²) in [5, 5.41) is 0. The third kappa shape index (κ3) is 4.61. The van der Waals surface area contributed by atoms with Crippen molar-refractivity contribution in [2.45, 2.75) is 52.1 Å². The molecule has 0 amide bonds. The SMILES string of the molecule is COC(=O)C[C@@H]1COc2cc(O[C@@H]3CCc4c(-c5c(C)cc(-c6ncccc6C)cc5C)ccc(F)c43)ccc21. The lowest BCUT2D eigenvalue weighted by molar-refractivity contribution is -0.141. The van der Waals surface area contributed by atoms with E-state index in [0.717, 1.165) is 56.6 Å². The van der Waals surface area contributed by atoms with Gasteiger partial charge in [0, 0.05) is 34.9 Å². The fourth-order valence-corrected chi connectivity index (χ4v) is 6.29. The van der Waals surface area contributed by atoms with Gasteiger partial charge in [0.05, 0.1) is 25.8 Å². The maximum Gasteiger partial charge on any atom is 0.306 e. The van der Waals surface area contributed by atoms with Crippen LogP contribution in [0.3, 0.4) is 0 Å². The first-order valence-electron chi connectivity index (χ1n) is 13.7. The molecule has 6 heteroatoms. The molecule has 204 valence electrons. The van der Waals surface area contributed by atoms with Crippen LogP contribution < -0.4 is 9.47 Å². The zero-order valence-electron chi connectivity index (χ0n) is 23.2. The number of halogens is 1. The van der Waals surface area contributed by atoms with Gasteiger partial charge >= 0.3 is 5.97 Å². The minimum Gasteiger partial charge on any atom is -0.492 e. The number of aryl methyl sites for hydroxylation is 3. The number of fused-ring (bicyclic) bond motifs is 2. The first-order valence-corrected chi connectivity index (χ1v) is 13.7. The normalized spacial score (nSPS) is 17.2. The van der Waals surface area contributed by atoms with E-state index < -0.39 is 6.10 Å². The summed E-state index contributed by atoms with van der Waals surface area (Å²) in [7, 11) is 1.39. The summed E-state index contributed by atoms with van der Waals surface area (Å²) in [6.07, 6.45) is 3.12. The van der Waals surface area contributed by atoms with Crippen molar-refractivity contribution in [1.29, 1.82) is 0 Å². The van der Waals surface area contributed by atoms with E-state index in [4.69, 9.17) is 14.2 Å². The van der Waals surface area contributed by atoms with Gasteiger partial charge in [-0.05, 0) is 97.3 Å². The maximum atomic E-state index is 15.3. The van der Waals surface area contributed by atoms with Gasteiger partial charge in [0.15, 0.2) is 0 Å². The van der Waals surface area contributed by atoms with Crippen molar-refractivity contribution >= 4 is 5.97 Å². The van der Waals surface area contributed by atoms with E-state index in [-0.39, 0.29) is 24.1 Å². The number of esters is 1. The van der Waals surface area contributed by atoms with Crippen molar-refractivity contribution in [3.63, 3.8) is 0 Å². The van der Waals surface area contributed by atoms with Gasteiger partial charge in [0.2, 0.25) is 0 Å². The molecule has 40 heavy (non-hydrogen) atoms. The van der Waals surface area contributed by atoms with Crippen LogP contribution in [0.2, 0.25) is 0 Å². The lowest BCUT2D eigenvalue weighted by Crippen LogP contribution is -2.09. The van der Waals surface area contributed by atoms with Gasteiger partial charge in [0.25, 0.3) is 0 Å². The summed E-state index contributed by atoms with van der Waals surface area (Å²) < 4.78 is 32.4. The molecule has 6 rings (SSSR count). The largest absolute Gasteiger partial charge is 0.492 e. The molecule has 2 atom stereocenters. The Balaban J connectivity index is 1.30. The van der Waals surface area contributed by atoms with Crippen LogP contribution in [0, 0.1) is 26.6 Å². The number of methoxy groups -OCH3 is 1. The third-order valence-electron chi connectivity index (χ3n) is 8.15. The first-order chi connectivity index (χ1) is 19.3. The lowest BCUT2D eigenvalue weighted by Gasteiger charge is -2.19. The molecule has 2 aliphatic rings. The molecule has 0 unspecified atom stereocenters. The third-order valence-corrected chi connectivity index (χ3v) is 8.15. The standard InChI is InChI=1S/C34H32FNO4/c1-19-6-5-13-36-34(19)22-14-20(2)32(21(3)15-22)26-9-11-28(35)33-27(26)10-12-29(33)40-24-7-8-25-23(16-31(37)38-4)18-39-30(25)17-24/h5-9,11,13-15,17,23,29H,10,12,16,18H2,1-4H3/t23-,29-/m1/s1. The van der Waals surface area contributed by atoms with Gasteiger partial charge in [-0.25, -0.2) is 4.39 Å². The average molecular weight is 538 g/mol. The van der Waals surface area contributed by atoms with E-state index >= 15 is 4.39 Å². The second kappa shape index (κ2) is 10.4. The molecule has 5 nitrogen and oxygen atoms in total. The molecule has 0 saturated carbocycles. The van der Waals surface area contributed by atoms with Crippen LogP contribution in [0.25, 0.3) is 22.4 Å². The van der Waals surface area contributed by atoms with Crippen molar-refractivity contribution in [2.75, 3.05) is 13.7 Å². The summed E-state index contributed by atoms with van der Waals surface area (Å²) in [6.45, 7) is 6.72. The van der Waals surface area contributed by atoms with Crippen LogP contribution in [0.1, 0.15) is 58.2 Å². The summed E-state index contributed by atoms with van der Waals surface area (Å²) in [4.78, 5) is 16.3. The Bertz CT molecular complexity index is 1610. The van der Waals surface area contributed by atoms with E-state index in [1.165, 1.54) is 7.11 Å². The highest BCUT2D eigenvalue weighted by Gasteiger charge is 2.32. The Kier molecular flexibility index (Phi) is 6.78. The molecule has 2 heterocycles. The molecular formula is C34H32FNO4. The molecule has 1 aliphatic heterocycles. The van der Waals surface area contributed by atoms with Gasteiger partial charge in [0.1, 0.15) is 23.4 Å². The van der Waals surface area contributed by atoms with Crippen LogP contribution in [-0.4, -0.2) is 24.7 Å². The summed E-state index contributed by atoms with van der Waals surface area (Å²) in [6, 6.07) is 17.5. The summed E-state index contributed by atoms with van der Waals surface area (Å²) in [5.74, 6) is 0.787. The number of ether oxygens (including phenoxy) is 3. The van der Waals surface area contributed by atoms with Gasteiger partial charge in [-0.1, -0.05) is 18.2 Å². The summed E-state index contributed by atoms with van der Waals surface area (Å²) >= 11 is 0. The topological polar surface area (TPSA) is 57.7 Å². The number of carbonyl (C=O) groups is 1. The minimum absolute atomic E-state index is 0.0387. The predicted octanol–water partition coefficient (Wildman–Crippen LogP) is 7.59. The number of carbonyl (C=O) groups excluding carboxylic acids is 1. The number of aromatic nitrogens is 1. The predicted molar refractivity (Wildman–Crippen MR) is 152 cm³/mol. The van der Waals surface area contributed by atoms with E-state index in [2.05, 4.69) is 44.0 Å². The van der Waals surface area contributed by atoms with Crippen molar-refractivity contribution in [3.05, 3.63) is 100.0 Å². The van der Waals surface area contributed by atoms with Crippen LogP contribution >= 0.6 is 0 Å². The summed E-state index contributed by atoms with van der Waals surface area (Å²) in [5.41, 5.74) is 10.3. The lowest BCUT2D eigenvalue weighted by atomic mass is 9.88. The Labute approximate surface area is 233 Å². The molecule has 0 bridgehead atoms. The molecule has 3 aromatic carbocycles. The monoisotopic (exact) mass is 537 g/mol. The molecule has 0 radical (unpaired) electrons. The van der Waals surface area contributed by atoms with Gasteiger partial charge in [-0.3, -0.25) is 9.78 Å². The molecular weight excluding hydrogens is 505 g/mol. The smallest absolute Gasteiger partial charge is 0.306 e. The van der Waals surface area contributed by atoms with Gasteiger partial charge < -0.3 is 14.2 Å². The second-order valence-electron chi connectivity index (χ2n) is 10.8. The molecule has 4 aromatic rings. The van der Waals surface area contributed by atoms with Crippen LogP contribution in [0.15, 0.2) is 60.8 Å². The minimum atomic E-state index is -0.392. The molecule has 0 saturated heterocycles. The van der Waals surface area contributed by atoms with E-state index in [0.29, 0.717) is 30.1 Å². The molecule has 0 N–H and O–H groups in total. The first kappa shape index (κ1) is 26.1. The number of hydrogen-bond acceptors (Lipinski definition) is 5. The average Bonchev–Trinajstić information content (AvgIpc) is 3.54. The molecule has 0 spiro atoms. The Morgan fingerprint density at radius 2 is 1.85 bits per heavy atom. The van der Waals surface area contributed by atoms with Crippen molar-refractivity contribution in [1.82, 2.24) is 4.98 Å². The van der Waals surface area contributed by atoms with E-state index in [9.17, 15) is 4.79 Å². The highest BCUT2D eigenvalue weighted by molar-refractivity contribution is 5.79. The highest BCUT2D eigenvalue weighted by Crippen LogP contribution is 2.45. The fourth-order valence-electron chi connectivity index (χ4n) is 6.29. The van der Waals surface area contributed by atoms with Gasteiger partial charge in [-0.15, -0.1) is 0 Å². The Morgan fingerprint density at radius 1 is 1.05 bits per heavy atom. The molecule has 0 fully saturated rings. The van der Waals surface area contributed by atoms with Crippen LogP contribution in [0.4, 0.5) is 4.39 Å². The Hall–Kier alpha value is -4.19. The number of pyridine rings is 1. The Morgan fingerprint density at radius 3 is 2.60 bits per heavy atom. The molecule has 1 aromatic heterocycles. The number of hydrogen-bond donors (Lipinski definition) is 0. The van der Waals surface area contributed by atoms with Crippen molar-refractivity contribution in [2.24, 2.45) is 0 Å². The number of nitrogens with zero attached hydrogens (tertiary/aromatic N) is 1. The number of benzene rings is 3. The zero-order valence-corrected chi connectivity index (χ0v) is 23.2. The van der Waals surface area contributed by atoms with E-state index in [1.807, 2.05) is 36.5 Å². The van der Waals surface area contributed by atoms with Crippen LogP contribution in [-0.2, 0) is 16.0 Å². The maximum absolute atomic E-state index is 15.3. The van der Waals surface area contributed by atoms with E-state index in [1.54, 1.807) is 6.07 Å². The zero-order chi connectivity index (χ0) is 28.0. The van der Waals surface area contributed by atoms with Crippen LogP contribution in [0.5, 0.6) is 11.5 Å².